The number of hydrogen-bond donors (Lipinski definition) is 1. The number of aliphatic hydroxyl groups is 1. The highest BCUT2D eigenvalue weighted by atomic mass is 35.5. The van der Waals surface area contributed by atoms with Crippen LogP contribution in [0.25, 0.3) is 11.7 Å². The van der Waals surface area contributed by atoms with E-state index in [-0.39, 0.29) is 17.9 Å². The van der Waals surface area contributed by atoms with Gasteiger partial charge in [-0.1, -0.05) is 17.7 Å². The van der Waals surface area contributed by atoms with Gasteiger partial charge in [0.05, 0.1) is 11.8 Å². The fourth-order valence-corrected chi connectivity index (χ4v) is 3.24. The summed E-state index contributed by atoms with van der Waals surface area (Å²) in [7, 11) is 0. The number of imidazole rings is 1. The monoisotopic (exact) mass is 333 g/mol. The van der Waals surface area contributed by atoms with Gasteiger partial charge in [0, 0.05) is 31.3 Å². The Balaban J connectivity index is 1.76. The fraction of sp³-hybridized carbons (Fsp3) is 0.412. The molecular weight excluding hydrogens is 314 g/mol. The zero-order chi connectivity index (χ0) is 16.4. The smallest absolute Gasteiger partial charge is 0.246 e. The number of fused-ring (bicyclic) bond motifs is 1. The molecular formula is C17H20ClN3O2. The lowest BCUT2D eigenvalue weighted by Crippen LogP contribution is -2.42. The maximum absolute atomic E-state index is 12.4. The van der Waals surface area contributed by atoms with Crippen molar-refractivity contribution in [3.8, 4) is 0 Å². The van der Waals surface area contributed by atoms with Crippen molar-refractivity contribution < 1.29 is 9.90 Å². The van der Waals surface area contributed by atoms with Crippen molar-refractivity contribution in [3.05, 3.63) is 41.3 Å². The summed E-state index contributed by atoms with van der Waals surface area (Å²) in [5.74, 6) is 0.0952. The third kappa shape index (κ3) is 3.41. The zero-order valence-electron chi connectivity index (χ0n) is 13.0. The van der Waals surface area contributed by atoms with Gasteiger partial charge in [-0.05, 0) is 38.0 Å². The number of carbonyl (C=O) groups excluding carboxylic acids is 1. The van der Waals surface area contributed by atoms with E-state index in [4.69, 9.17) is 11.6 Å². The van der Waals surface area contributed by atoms with Gasteiger partial charge in [-0.2, -0.15) is 0 Å². The van der Waals surface area contributed by atoms with Gasteiger partial charge in [-0.25, -0.2) is 4.98 Å². The van der Waals surface area contributed by atoms with Crippen LogP contribution in [0.2, 0.25) is 5.15 Å². The lowest BCUT2D eigenvalue weighted by atomic mass is 9.93. The molecule has 5 nitrogen and oxygen atoms in total. The van der Waals surface area contributed by atoms with E-state index >= 15 is 0 Å². The topological polar surface area (TPSA) is 57.8 Å². The number of aromatic nitrogens is 2. The van der Waals surface area contributed by atoms with Gasteiger partial charge < -0.3 is 10.0 Å². The molecule has 6 heteroatoms. The number of nitrogens with zero attached hydrogens (tertiary/aromatic N) is 3. The first-order chi connectivity index (χ1) is 11.1. The van der Waals surface area contributed by atoms with Gasteiger partial charge in [-0.15, -0.1) is 0 Å². The van der Waals surface area contributed by atoms with Crippen LogP contribution in [0.5, 0.6) is 0 Å². The minimum atomic E-state index is -0.386. The molecule has 1 aliphatic rings. The predicted molar refractivity (Wildman–Crippen MR) is 90.2 cm³/mol. The molecule has 1 saturated heterocycles. The Hall–Kier alpha value is -1.85. The van der Waals surface area contributed by atoms with Crippen LogP contribution in [0.3, 0.4) is 0 Å². The predicted octanol–water partition coefficient (Wildman–Crippen LogP) is 2.62. The molecule has 0 spiro atoms. The molecule has 2 aromatic heterocycles. The van der Waals surface area contributed by atoms with Crippen LogP contribution in [0.15, 0.2) is 30.5 Å². The molecule has 0 saturated carbocycles. The van der Waals surface area contributed by atoms with Crippen LogP contribution in [-0.2, 0) is 4.79 Å². The van der Waals surface area contributed by atoms with Crippen LogP contribution in [0.1, 0.15) is 25.5 Å². The van der Waals surface area contributed by atoms with E-state index in [0.717, 1.165) is 25.0 Å². The molecule has 0 aliphatic carbocycles. The third-order valence-corrected chi connectivity index (χ3v) is 4.64. The fourth-order valence-electron chi connectivity index (χ4n) is 2.99. The molecule has 0 radical (unpaired) electrons. The lowest BCUT2D eigenvalue weighted by molar-refractivity contribution is -0.128. The summed E-state index contributed by atoms with van der Waals surface area (Å²) in [6.45, 7) is 3.11. The standard InChI is InChI=1S/C17H20ClN3O2/c1-12(22)13-5-4-9-20(11-13)16(23)8-7-14-17(18)19-15-6-2-3-10-21(14)15/h2-3,6-8,10,12-13,22H,4-5,9,11H2,1H3/b8-7+. The van der Waals surface area contributed by atoms with Gasteiger partial charge in [0.15, 0.2) is 5.15 Å². The Labute approximate surface area is 140 Å². The largest absolute Gasteiger partial charge is 0.393 e. The molecule has 1 N–H and O–H groups in total. The number of carbonyl (C=O) groups is 1. The van der Waals surface area contributed by atoms with Gasteiger partial charge in [0.25, 0.3) is 0 Å². The molecule has 1 fully saturated rings. The molecule has 2 aromatic rings. The minimum absolute atomic E-state index is 0.0581. The van der Waals surface area contributed by atoms with Crippen molar-refractivity contribution in [2.45, 2.75) is 25.9 Å². The first kappa shape index (κ1) is 16.0. The average molecular weight is 334 g/mol. The first-order valence-electron chi connectivity index (χ1n) is 7.84. The highest BCUT2D eigenvalue weighted by Gasteiger charge is 2.25. The molecule has 122 valence electrons. The second-order valence-electron chi connectivity index (χ2n) is 5.98. The summed E-state index contributed by atoms with van der Waals surface area (Å²) in [4.78, 5) is 18.4. The van der Waals surface area contributed by atoms with Gasteiger partial charge in [0.1, 0.15) is 5.65 Å². The normalized spacial score (nSPS) is 20.3. The molecule has 23 heavy (non-hydrogen) atoms. The Morgan fingerprint density at radius 3 is 3.13 bits per heavy atom. The maximum atomic E-state index is 12.4. The van der Waals surface area contributed by atoms with E-state index in [2.05, 4.69) is 4.98 Å². The van der Waals surface area contributed by atoms with E-state index < -0.39 is 0 Å². The van der Waals surface area contributed by atoms with E-state index in [1.54, 1.807) is 17.9 Å². The summed E-state index contributed by atoms with van der Waals surface area (Å²) < 4.78 is 1.85. The Bertz CT molecular complexity index is 739. The SMILES string of the molecule is CC(O)C1CCCN(C(=O)/C=C/c2c(Cl)nc3ccccn23)C1. The van der Waals surface area contributed by atoms with E-state index in [0.29, 0.717) is 17.4 Å². The second kappa shape index (κ2) is 6.72. The Kier molecular flexibility index (Phi) is 4.68. The van der Waals surface area contributed by atoms with Crippen molar-refractivity contribution in [1.82, 2.24) is 14.3 Å². The summed E-state index contributed by atoms with van der Waals surface area (Å²) in [5.41, 5.74) is 1.44. The minimum Gasteiger partial charge on any atom is -0.393 e. The molecule has 1 aliphatic heterocycles. The molecule has 2 unspecified atom stereocenters. The van der Waals surface area contributed by atoms with Crippen LogP contribution in [-0.4, -0.2) is 44.5 Å². The number of halogens is 1. The number of piperidine rings is 1. The Morgan fingerprint density at radius 1 is 1.52 bits per heavy atom. The summed E-state index contributed by atoms with van der Waals surface area (Å²) in [6.07, 6.45) is 6.60. The van der Waals surface area contributed by atoms with E-state index in [9.17, 15) is 9.90 Å². The molecule has 1 amide bonds. The number of rotatable bonds is 3. The summed E-state index contributed by atoms with van der Waals surface area (Å²) in [5, 5.41) is 10.1. The van der Waals surface area contributed by atoms with Gasteiger partial charge in [0.2, 0.25) is 5.91 Å². The quantitative estimate of drug-likeness (QED) is 0.878. The first-order valence-corrected chi connectivity index (χ1v) is 8.21. The molecule has 0 aromatic carbocycles. The number of amides is 1. The second-order valence-corrected chi connectivity index (χ2v) is 6.34. The van der Waals surface area contributed by atoms with Crippen LogP contribution >= 0.6 is 11.6 Å². The maximum Gasteiger partial charge on any atom is 0.246 e. The van der Waals surface area contributed by atoms with Crippen LogP contribution in [0.4, 0.5) is 0 Å². The number of pyridine rings is 1. The average Bonchev–Trinajstić information content (AvgIpc) is 2.88. The van der Waals surface area contributed by atoms with Gasteiger partial charge >= 0.3 is 0 Å². The molecule has 3 rings (SSSR count). The summed E-state index contributed by atoms with van der Waals surface area (Å²) >= 11 is 6.16. The summed E-state index contributed by atoms with van der Waals surface area (Å²) in [6, 6.07) is 5.65. The van der Waals surface area contributed by atoms with Crippen molar-refractivity contribution in [1.29, 1.82) is 0 Å². The number of hydrogen-bond acceptors (Lipinski definition) is 3. The van der Waals surface area contributed by atoms with E-state index in [1.807, 2.05) is 28.8 Å². The molecule has 0 bridgehead atoms. The van der Waals surface area contributed by atoms with E-state index in [1.165, 1.54) is 6.08 Å². The van der Waals surface area contributed by atoms with Crippen molar-refractivity contribution >= 4 is 29.2 Å². The number of aliphatic hydroxyl groups excluding tert-OH is 1. The highest BCUT2D eigenvalue weighted by Crippen LogP contribution is 2.21. The van der Waals surface area contributed by atoms with Crippen LogP contribution in [0, 0.1) is 5.92 Å². The van der Waals surface area contributed by atoms with Crippen molar-refractivity contribution in [2.24, 2.45) is 5.92 Å². The van der Waals surface area contributed by atoms with Gasteiger partial charge in [-0.3, -0.25) is 9.20 Å². The Morgan fingerprint density at radius 2 is 2.35 bits per heavy atom. The molecule has 3 heterocycles. The lowest BCUT2D eigenvalue weighted by Gasteiger charge is -2.33. The number of likely N-dealkylation sites (tertiary alicyclic amines) is 1. The highest BCUT2D eigenvalue weighted by molar-refractivity contribution is 6.31. The van der Waals surface area contributed by atoms with Crippen molar-refractivity contribution in [2.75, 3.05) is 13.1 Å². The zero-order valence-corrected chi connectivity index (χ0v) is 13.8. The third-order valence-electron chi connectivity index (χ3n) is 4.36. The van der Waals surface area contributed by atoms with Crippen molar-refractivity contribution in [3.63, 3.8) is 0 Å². The van der Waals surface area contributed by atoms with Crippen LogP contribution < -0.4 is 0 Å². The molecule has 2 atom stereocenters.